The lowest BCUT2D eigenvalue weighted by Crippen LogP contribution is -2.34. The number of ether oxygens (including phenoxy) is 2. The van der Waals surface area contributed by atoms with E-state index in [0.717, 1.165) is 26.1 Å². The number of aromatic carboxylic acids is 1. The summed E-state index contributed by atoms with van der Waals surface area (Å²) in [6, 6.07) is 4.62. The van der Waals surface area contributed by atoms with Gasteiger partial charge in [0, 0.05) is 19.6 Å². The van der Waals surface area contributed by atoms with Gasteiger partial charge in [0.2, 0.25) is 0 Å². The van der Waals surface area contributed by atoms with Crippen LogP contribution >= 0.6 is 11.8 Å². The fraction of sp³-hybridized carbons (Fsp3) is 0.389. The Bertz CT molecular complexity index is 642. The van der Waals surface area contributed by atoms with Gasteiger partial charge >= 0.3 is 5.97 Å². The smallest absolute Gasteiger partial charge is 0.335 e. The van der Waals surface area contributed by atoms with Gasteiger partial charge in [0.05, 0.1) is 12.7 Å². The number of hydrogen-bond acceptors (Lipinski definition) is 5. The molecule has 0 fully saturated rings. The summed E-state index contributed by atoms with van der Waals surface area (Å²) in [4.78, 5) is 14.8. The molecule has 0 saturated heterocycles. The third-order valence-corrected chi connectivity index (χ3v) is 4.93. The lowest BCUT2D eigenvalue weighted by molar-refractivity contribution is 0.0696. The van der Waals surface area contributed by atoms with Crippen LogP contribution in [0.15, 0.2) is 41.3 Å². The fourth-order valence-corrected chi connectivity index (χ4v) is 3.34. The molecule has 0 saturated carbocycles. The van der Waals surface area contributed by atoms with Crippen LogP contribution in [0.2, 0.25) is 0 Å². The zero-order chi connectivity index (χ0) is 17.5. The minimum atomic E-state index is -0.983. The molecule has 1 N–H and O–H groups in total. The topological polar surface area (TPSA) is 59.0 Å². The Labute approximate surface area is 146 Å². The maximum Gasteiger partial charge on any atom is 0.335 e. The van der Waals surface area contributed by atoms with Crippen molar-refractivity contribution in [3.05, 3.63) is 46.9 Å². The molecule has 5 nitrogen and oxygen atoms in total. The van der Waals surface area contributed by atoms with Crippen LogP contribution < -0.4 is 9.47 Å². The van der Waals surface area contributed by atoms with Gasteiger partial charge in [-0.1, -0.05) is 12.7 Å². The highest BCUT2D eigenvalue weighted by atomic mass is 32.2. The summed E-state index contributed by atoms with van der Waals surface area (Å²) >= 11 is 1.79. The summed E-state index contributed by atoms with van der Waals surface area (Å²) in [6.07, 6.45) is 5.05. The van der Waals surface area contributed by atoms with E-state index in [4.69, 9.17) is 14.6 Å². The van der Waals surface area contributed by atoms with Gasteiger partial charge in [-0.3, -0.25) is 4.90 Å². The molecule has 1 aromatic rings. The van der Waals surface area contributed by atoms with Crippen LogP contribution in [-0.2, 0) is 0 Å². The van der Waals surface area contributed by atoms with Crippen molar-refractivity contribution >= 4 is 17.7 Å². The monoisotopic (exact) mass is 349 g/mol. The summed E-state index contributed by atoms with van der Waals surface area (Å²) in [5, 5.41) is 9.09. The van der Waals surface area contributed by atoms with Crippen molar-refractivity contribution in [3.8, 4) is 11.5 Å². The van der Waals surface area contributed by atoms with Crippen LogP contribution in [0.4, 0.5) is 0 Å². The van der Waals surface area contributed by atoms with Crippen LogP contribution in [0.5, 0.6) is 11.5 Å². The van der Waals surface area contributed by atoms with Gasteiger partial charge in [0.1, 0.15) is 6.61 Å². The Balaban J connectivity index is 1.95. The molecule has 0 unspecified atom stereocenters. The third kappa shape index (κ3) is 4.55. The molecule has 0 radical (unpaired) electrons. The van der Waals surface area contributed by atoms with Gasteiger partial charge < -0.3 is 14.6 Å². The average Bonchev–Trinajstić information content (AvgIpc) is 2.61. The first-order valence-corrected chi connectivity index (χ1v) is 8.96. The van der Waals surface area contributed by atoms with Gasteiger partial charge in [-0.05, 0) is 41.4 Å². The molecule has 1 heterocycles. The Kier molecular flexibility index (Phi) is 6.75. The van der Waals surface area contributed by atoms with Crippen molar-refractivity contribution in [2.24, 2.45) is 0 Å². The summed E-state index contributed by atoms with van der Waals surface area (Å²) in [5.74, 6) is 0.0116. The molecule has 6 heteroatoms. The maximum atomic E-state index is 11.1. The quantitative estimate of drug-likeness (QED) is 0.777. The number of hydrogen-bond donors (Lipinski definition) is 1. The summed E-state index contributed by atoms with van der Waals surface area (Å²) in [5.41, 5.74) is 1.46. The Morgan fingerprint density at radius 1 is 1.46 bits per heavy atom. The molecule has 1 aromatic carbocycles. The second kappa shape index (κ2) is 8.80. The fourth-order valence-electron chi connectivity index (χ4n) is 2.64. The number of benzene rings is 1. The average molecular weight is 349 g/mol. The standard InChI is InChI=1S/C18H23NO4S/c1-4-13-12-19(8-7-17(13)24-3)9-10-23-16-11-14(18(20)21)5-6-15(16)22-2/h4-6,11H,1,7-10,12H2,2-3H3,(H,20,21). The Hall–Kier alpha value is -1.92. The Morgan fingerprint density at radius 3 is 2.88 bits per heavy atom. The van der Waals surface area contributed by atoms with Gasteiger partial charge in [-0.15, -0.1) is 11.8 Å². The highest BCUT2D eigenvalue weighted by Crippen LogP contribution is 2.29. The minimum absolute atomic E-state index is 0.185. The van der Waals surface area contributed by atoms with Crippen molar-refractivity contribution in [2.75, 3.05) is 39.6 Å². The normalized spacial score (nSPS) is 15.2. The molecule has 0 aliphatic carbocycles. The number of carboxylic acid groups (broad SMARTS) is 1. The third-order valence-electron chi connectivity index (χ3n) is 3.98. The van der Waals surface area contributed by atoms with E-state index in [9.17, 15) is 4.79 Å². The van der Waals surface area contributed by atoms with Crippen LogP contribution in [0.1, 0.15) is 16.8 Å². The van der Waals surface area contributed by atoms with Gasteiger partial charge in [0.25, 0.3) is 0 Å². The number of rotatable bonds is 8. The molecule has 2 rings (SSSR count). The number of thioether (sulfide) groups is 1. The number of nitrogens with zero attached hydrogens (tertiary/aromatic N) is 1. The van der Waals surface area contributed by atoms with Crippen LogP contribution in [0.25, 0.3) is 0 Å². The number of methoxy groups -OCH3 is 1. The van der Waals surface area contributed by atoms with Crippen molar-refractivity contribution in [1.29, 1.82) is 0 Å². The second-order valence-corrected chi connectivity index (χ2v) is 6.30. The molecule has 0 amide bonds. The van der Waals surface area contributed by atoms with Crippen molar-refractivity contribution in [1.82, 2.24) is 4.90 Å². The van der Waals surface area contributed by atoms with E-state index in [0.29, 0.717) is 18.1 Å². The molecule has 1 aliphatic rings. The van der Waals surface area contributed by atoms with Crippen LogP contribution in [0, 0.1) is 0 Å². The molecule has 0 atom stereocenters. The van der Waals surface area contributed by atoms with Crippen molar-refractivity contribution in [3.63, 3.8) is 0 Å². The van der Waals surface area contributed by atoms with E-state index >= 15 is 0 Å². The van der Waals surface area contributed by atoms with E-state index in [2.05, 4.69) is 17.7 Å². The van der Waals surface area contributed by atoms with E-state index in [-0.39, 0.29) is 5.56 Å². The molecule has 0 spiro atoms. The van der Waals surface area contributed by atoms with E-state index in [1.165, 1.54) is 22.6 Å². The summed E-state index contributed by atoms with van der Waals surface area (Å²) in [7, 11) is 1.54. The highest BCUT2D eigenvalue weighted by Gasteiger charge is 2.17. The van der Waals surface area contributed by atoms with Gasteiger partial charge in [0.15, 0.2) is 11.5 Å². The molecule has 1 aliphatic heterocycles. The van der Waals surface area contributed by atoms with Crippen molar-refractivity contribution in [2.45, 2.75) is 6.42 Å². The van der Waals surface area contributed by atoms with Crippen LogP contribution in [0.3, 0.4) is 0 Å². The largest absolute Gasteiger partial charge is 0.493 e. The lowest BCUT2D eigenvalue weighted by atomic mass is 10.1. The van der Waals surface area contributed by atoms with E-state index in [1.54, 1.807) is 24.9 Å². The second-order valence-electron chi connectivity index (χ2n) is 5.40. The zero-order valence-corrected chi connectivity index (χ0v) is 14.9. The van der Waals surface area contributed by atoms with E-state index in [1.807, 2.05) is 6.08 Å². The van der Waals surface area contributed by atoms with E-state index < -0.39 is 5.97 Å². The first-order valence-electron chi connectivity index (χ1n) is 7.74. The maximum absolute atomic E-state index is 11.1. The number of carboxylic acids is 1. The van der Waals surface area contributed by atoms with Crippen molar-refractivity contribution < 1.29 is 19.4 Å². The molecule has 130 valence electrons. The first-order chi connectivity index (χ1) is 11.6. The highest BCUT2D eigenvalue weighted by molar-refractivity contribution is 8.02. The zero-order valence-electron chi connectivity index (χ0n) is 14.1. The molecular weight excluding hydrogens is 326 g/mol. The summed E-state index contributed by atoms with van der Waals surface area (Å²) in [6.45, 7) is 6.99. The summed E-state index contributed by atoms with van der Waals surface area (Å²) < 4.78 is 11.0. The molecule has 0 aromatic heterocycles. The van der Waals surface area contributed by atoms with Crippen LogP contribution in [-0.4, -0.2) is 55.6 Å². The predicted octanol–water partition coefficient (Wildman–Crippen LogP) is 3.28. The SMILES string of the molecule is C=CC1=C(SC)CCN(CCOc2cc(C(=O)O)ccc2OC)C1. The van der Waals surface area contributed by atoms with Gasteiger partial charge in [-0.2, -0.15) is 0 Å². The molecular formula is C18H23NO4S. The predicted molar refractivity (Wildman–Crippen MR) is 97.2 cm³/mol. The molecule has 0 bridgehead atoms. The lowest BCUT2D eigenvalue weighted by Gasteiger charge is -2.29. The molecule has 24 heavy (non-hydrogen) atoms. The van der Waals surface area contributed by atoms with Gasteiger partial charge in [-0.25, -0.2) is 4.79 Å². The Morgan fingerprint density at radius 2 is 2.25 bits per heavy atom. The first kappa shape index (κ1) is 18.4. The number of carbonyl (C=O) groups is 1. The minimum Gasteiger partial charge on any atom is -0.493 e.